The first kappa shape index (κ1) is 22.3. The van der Waals surface area contributed by atoms with Crippen LogP contribution < -0.4 is 10.6 Å². The zero-order valence-electron chi connectivity index (χ0n) is 16.8. The number of aromatic nitrogens is 1. The number of fused-ring (bicyclic) bond motifs is 1. The number of benzene rings is 1. The number of nitrogens with one attached hydrogen (secondary N) is 3. The highest BCUT2D eigenvalue weighted by molar-refractivity contribution is 7.98. The summed E-state index contributed by atoms with van der Waals surface area (Å²) >= 11 is 1.27. The molecule has 2 unspecified atom stereocenters. The molecule has 2 atom stereocenters. The molecule has 7 nitrogen and oxygen atoms in total. The number of carbonyl (C=O) groups excluding carboxylic acids is 1. The van der Waals surface area contributed by atoms with Gasteiger partial charge in [-0.25, -0.2) is 4.39 Å². The van der Waals surface area contributed by atoms with Crippen molar-refractivity contribution in [3.05, 3.63) is 59.2 Å². The molecule has 3 N–H and O–H groups in total. The molecular weight excluding hydrogens is 450 g/mol. The predicted molar refractivity (Wildman–Crippen MR) is 110 cm³/mol. The highest BCUT2D eigenvalue weighted by Gasteiger charge is 2.50. The van der Waals surface area contributed by atoms with E-state index in [0.29, 0.717) is 25.6 Å². The molecule has 4 rings (SSSR count). The number of pyridine rings is 1. The van der Waals surface area contributed by atoms with Crippen LogP contribution in [0.4, 0.5) is 23.2 Å². The second-order valence-corrected chi connectivity index (χ2v) is 8.62. The van der Waals surface area contributed by atoms with Crippen molar-refractivity contribution in [2.24, 2.45) is 0 Å². The third-order valence-electron chi connectivity index (χ3n) is 5.33. The molecule has 2 fully saturated rings. The third kappa shape index (κ3) is 4.11. The van der Waals surface area contributed by atoms with E-state index in [1.807, 2.05) is 0 Å². The van der Waals surface area contributed by atoms with Crippen molar-refractivity contribution in [3.8, 4) is 0 Å². The number of hydrogen-bond acceptors (Lipinski definition) is 5. The van der Waals surface area contributed by atoms with Gasteiger partial charge in [-0.2, -0.15) is 13.2 Å². The molecule has 1 aromatic heterocycles. The molecule has 3 heterocycles. The minimum atomic E-state index is -4.56. The van der Waals surface area contributed by atoms with Crippen molar-refractivity contribution in [2.75, 3.05) is 19.0 Å². The van der Waals surface area contributed by atoms with E-state index >= 15 is 0 Å². The molecule has 0 spiro atoms. The van der Waals surface area contributed by atoms with Crippen LogP contribution in [0.5, 0.6) is 0 Å². The van der Waals surface area contributed by atoms with Gasteiger partial charge in [0, 0.05) is 31.1 Å². The predicted octanol–water partition coefficient (Wildman–Crippen LogP) is 3.94. The van der Waals surface area contributed by atoms with Gasteiger partial charge in [-0.3, -0.25) is 19.5 Å². The van der Waals surface area contributed by atoms with Crippen molar-refractivity contribution in [2.45, 2.75) is 30.0 Å². The Morgan fingerprint density at radius 2 is 2.16 bits per heavy atom. The molecule has 1 aromatic carbocycles. The van der Waals surface area contributed by atoms with Crippen LogP contribution in [0.25, 0.3) is 0 Å². The van der Waals surface area contributed by atoms with Crippen molar-refractivity contribution < 1.29 is 27.1 Å². The van der Waals surface area contributed by atoms with Crippen LogP contribution in [-0.2, 0) is 16.5 Å². The van der Waals surface area contributed by atoms with E-state index < -0.39 is 34.4 Å². The summed E-state index contributed by atoms with van der Waals surface area (Å²) in [4.78, 5) is 16.1. The van der Waals surface area contributed by atoms with Gasteiger partial charge in [0.2, 0.25) is 5.96 Å². The topological polar surface area (TPSA) is 90.3 Å². The monoisotopic (exact) mass is 469 g/mol. The lowest BCUT2D eigenvalue weighted by Gasteiger charge is -2.50. The fourth-order valence-electron chi connectivity index (χ4n) is 3.69. The van der Waals surface area contributed by atoms with Crippen molar-refractivity contribution >= 4 is 29.5 Å². The maximum Gasteiger partial charge on any atom is 0.417 e. The van der Waals surface area contributed by atoms with Crippen molar-refractivity contribution in [1.29, 1.82) is 5.41 Å². The van der Waals surface area contributed by atoms with Crippen LogP contribution in [0.1, 0.15) is 34.5 Å². The van der Waals surface area contributed by atoms with Crippen LogP contribution in [0.15, 0.2) is 36.5 Å². The molecular formula is C20H19F4N5O2S. The molecule has 2 aromatic rings. The van der Waals surface area contributed by atoms with E-state index in [0.717, 1.165) is 12.1 Å². The molecule has 12 heteroatoms. The molecule has 2 aliphatic rings. The zero-order chi connectivity index (χ0) is 23.1. The molecule has 0 bridgehead atoms. The lowest BCUT2D eigenvalue weighted by Crippen LogP contribution is -2.62. The standard InChI is InChI=1S/C20H19F4N5O2S/c1-29-18(25)28-19(7-2-8-31-17(19)32-29)13-9-12(4-5-14(13)21)27-16(30)15-6-3-11(10-26-15)20(22,23)24/h3-6,9-10,17H,2,7-8H2,1H3,(H2,25,28)(H,27,30). The molecule has 0 aliphatic carbocycles. The van der Waals surface area contributed by atoms with E-state index in [-0.39, 0.29) is 22.9 Å². The third-order valence-corrected chi connectivity index (χ3v) is 6.55. The number of hydrogen-bond donors (Lipinski definition) is 3. The Kier molecular flexibility index (Phi) is 5.76. The Morgan fingerprint density at radius 3 is 2.84 bits per heavy atom. The fourth-order valence-corrected chi connectivity index (χ4v) is 4.77. The highest BCUT2D eigenvalue weighted by Crippen LogP contribution is 2.45. The number of anilines is 1. The molecule has 2 aliphatic heterocycles. The van der Waals surface area contributed by atoms with E-state index in [4.69, 9.17) is 10.1 Å². The zero-order valence-corrected chi connectivity index (χ0v) is 17.6. The average molecular weight is 469 g/mol. The normalized spacial score (nSPS) is 23.3. The van der Waals surface area contributed by atoms with Crippen molar-refractivity contribution in [3.63, 3.8) is 0 Å². The summed E-state index contributed by atoms with van der Waals surface area (Å²) < 4.78 is 60.5. The highest BCUT2D eigenvalue weighted by atomic mass is 32.2. The summed E-state index contributed by atoms with van der Waals surface area (Å²) in [7, 11) is 1.70. The van der Waals surface area contributed by atoms with Crippen LogP contribution in [0.2, 0.25) is 0 Å². The maximum absolute atomic E-state index is 14.9. The second-order valence-electron chi connectivity index (χ2n) is 7.43. The SMILES string of the molecule is CN1SC2OCCCC2(c2cc(NC(=O)c3ccc(C(F)(F)F)cn3)ccc2F)NC1=N. The lowest BCUT2D eigenvalue weighted by atomic mass is 9.83. The van der Waals surface area contributed by atoms with Gasteiger partial charge >= 0.3 is 6.18 Å². The minimum Gasteiger partial charge on any atom is -0.363 e. The number of rotatable bonds is 3. The Balaban J connectivity index is 1.61. The Labute approximate surface area is 185 Å². The Hall–Kier alpha value is -2.86. The number of guanidine groups is 1. The number of alkyl halides is 3. The largest absolute Gasteiger partial charge is 0.417 e. The minimum absolute atomic E-state index is 0.0968. The average Bonchev–Trinajstić information content (AvgIpc) is 2.75. The summed E-state index contributed by atoms with van der Waals surface area (Å²) in [5.41, 5.74) is -2.21. The number of halogens is 4. The van der Waals surface area contributed by atoms with E-state index in [9.17, 15) is 22.4 Å². The van der Waals surface area contributed by atoms with Crippen molar-refractivity contribution in [1.82, 2.24) is 14.6 Å². The van der Waals surface area contributed by atoms with Gasteiger partial charge in [-0.05, 0) is 55.1 Å². The van der Waals surface area contributed by atoms with E-state index in [1.54, 1.807) is 11.4 Å². The molecule has 170 valence electrons. The van der Waals surface area contributed by atoms with Gasteiger partial charge < -0.3 is 15.4 Å². The number of ether oxygens (including phenoxy) is 1. The van der Waals surface area contributed by atoms with Crippen LogP contribution in [-0.4, -0.2) is 40.2 Å². The van der Waals surface area contributed by atoms with Gasteiger partial charge in [0.1, 0.15) is 22.5 Å². The van der Waals surface area contributed by atoms with E-state index in [2.05, 4.69) is 15.6 Å². The second kappa shape index (κ2) is 8.24. The fraction of sp³-hybridized carbons (Fsp3) is 0.350. The summed E-state index contributed by atoms with van der Waals surface area (Å²) in [5.74, 6) is -1.17. The van der Waals surface area contributed by atoms with Crippen LogP contribution in [0, 0.1) is 11.2 Å². The number of carbonyl (C=O) groups is 1. The summed E-state index contributed by atoms with van der Waals surface area (Å²) in [6.45, 7) is 0.500. The van der Waals surface area contributed by atoms with E-state index in [1.165, 1.54) is 30.1 Å². The first-order chi connectivity index (χ1) is 15.1. The van der Waals surface area contributed by atoms with Crippen LogP contribution >= 0.6 is 11.9 Å². The molecule has 0 radical (unpaired) electrons. The Bertz CT molecular complexity index is 1050. The molecule has 1 amide bonds. The van der Waals surface area contributed by atoms with Gasteiger partial charge in [0.05, 0.1) is 5.56 Å². The molecule has 0 saturated carbocycles. The summed E-state index contributed by atoms with van der Waals surface area (Å²) in [6.07, 6.45) is -2.82. The Morgan fingerprint density at radius 1 is 1.38 bits per heavy atom. The first-order valence-electron chi connectivity index (χ1n) is 9.63. The smallest absolute Gasteiger partial charge is 0.363 e. The summed E-state index contributed by atoms with van der Waals surface area (Å²) in [5, 5.41) is 13.8. The van der Waals surface area contributed by atoms with Gasteiger partial charge in [0.25, 0.3) is 5.91 Å². The quantitative estimate of drug-likeness (QED) is 0.466. The van der Waals surface area contributed by atoms with Crippen LogP contribution in [0.3, 0.4) is 0 Å². The number of nitrogens with zero attached hydrogens (tertiary/aromatic N) is 2. The maximum atomic E-state index is 14.9. The van der Waals surface area contributed by atoms with Gasteiger partial charge in [0.15, 0.2) is 0 Å². The summed E-state index contributed by atoms with van der Waals surface area (Å²) in [6, 6.07) is 5.74. The number of amides is 1. The van der Waals surface area contributed by atoms with Gasteiger partial charge in [-0.15, -0.1) is 0 Å². The lowest BCUT2D eigenvalue weighted by molar-refractivity contribution is -0.137. The molecule has 32 heavy (non-hydrogen) atoms. The van der Waals surface area contributed by atoms with Gasteiger partial charge in [-0.1, -0.05) is 0 Å². The first-order valence-corrected chi connectivity index (χ1v) is 10.5. The molecule has 2 saturated heterocycles.